The Morgan fingerprint density at radius 3 is 2.82 bits per heavy atom. The molecule has 1 saturated carbocycles. The molecular weight excluding hydrogens is 212 g/mol. The third-order valence-corrected chi connectivity index (χ3v) is 3.85. The van der Waals surface area contributed by atoms with Crippen LogP contribution in [-0.4, -0.2) is 34.3 Å². The lowest BCUT2D eigenvalue weighted by molar-refractivity contribution is 0.00211. The van der Waals surface area contributed by atoms with Crippen LogP contribution in [0.1, 0.15) is 24.8 Å². The van der Waals surface area contributed by atoms with E-state index in [4.69, 9.17) is 5.26 Å². The minimum Gasteiger partial charge on any atom is -0.298 e. The summed E-state index contributed by atoms with van der Waals surface area (Å²) in [5.74, 6) is 0.925. The van der Waals surface area contributed by atoms with Crippen LogP contribution in [0, 0.1) is 24.2 Å². The first-order chi connectivity index (χ1) is 8.22. The van der Waals surface area contributed by atoms with E-state index in [0.29, 0.717) is 6.42 Å². The largest absolute Gasteiger partial charge is 0.298 e. The average Bonchev–Trinajstić information content (AvgIpc) is 2.96. The Labute approximate surface area is 102 Å². The lowest BCUT2D eigenvalue weighted by Crippen LogP contribution is -2.62. The second kappa shape index (κ2) is 3.85. The van der Waals surface area contributed by atoms with Crippen molar-refractivity contribution in [2.45, 2.75) is 31.7 Å². The highest BCUT2D eigenvalue weighted by Crippen LogP contribution is 2.37. The Hall–Kier alpha value is -1.34. The lowest BCUT2D eigenvalue weighted by atomic mass is 9.86. The molecule has 0 spiro atoms. The first-order valence-corrected chi connectivity index (χ1v) is 6.33. The van der Waals surface area contributed by atoms with E-state index in [1.165, 1.54) is 24.9 Å². The molecule has 1 aromatic rings. The van der Waals surface area contributed by atoms with Gasteiger partial charge in [0.1, 0.15) is 5.54 Å². The summed E-state index contributed by atoms with van der Waals surface area (Å²) in [6.45, 7) is 5.23. The smallest absolute Gasteiger partial charge is 0.101 e. The maximum atomic E-state index is 9.01. The predicted molar refractivity (Wildman–Crippen MR) is 64.3 cm³/mol. The first kappa shape index (κ1) is 10.8. The zero-order chi connectivity index (χ0) is 11.9. The van der Waals surface area contributed by atoms with Gasteiger partial charge in [0.15, 0.2) is 0 Å². The molecule has 90 valence electrons. The van der Waals surface area contributed by atoms with E-state index in [1.54, 1.807) is 0 Å². The zero-order valence-corrected chi connectivity index (χ0v) is 10.3. The molecule has 1 aliphatic heterocycles. The average molecular weight is 230 g/mol. The minimum atomic E-state index is -0.0576. The quantitative estimate of drug-likeness (QED) is 0.788. The zero-order valence-electron chi connectivity index (χ0n) is 10.3. The molecule has 0 aromatic carbocycles. The van der Waals surface area contributed by atoms with E-state index in [2.05, 4.69) is 22.3 Å². The van der Waals surface area contributed by atoms with Crippen LogP contribution in [-0.2, 0) is 5.54 Å². The number of nitrogens with zero attached hydrogens (tertiary/aromatic N) is 4. The molecule has 3 rings (SSSR count). The van der Waals surface area contributed by atoms with Gasteiger partial charge >= 0.3 is 0 Å². The number of rotatable bonds is 4. The summed E-state index contributed by atoms with van der Waals surface area (Å²) in [7, 11) is 0. The molecule has 4 heteroatoms. The fourth-order valence-corrected chi connectivity index (χ4v) is 2.74. The molecular formula is C13H18N4. The highest BCUT2D eigenvalue weighted by molar-refractivity contribution is 5.10. The van der Waals surface area contributed by atoms with E-state index in [0.717, 1.165) is 19.0 Å². The summed E-state index contributed by atoms with van der Waals surface area (Å²) < 4.78 is 2.01. The number of likely N-dealkylation sites (tertiary alicyclic amines) is 1. The third kappa shape index (κ3) is 1.96. The number of hydrogen-bond donors (Lipinski definition) is 0. The summed E-state index contributed by atoms with van der Waals surface area (Å²) in [5.41, 5.74) is 1.11. The second-order valence-electron chi connectivity index (χ2n) is 5.63. The van der Waals surface area contributed by atoms with Gasteiger partial charge in [-0.2, -0.15) is 10.4 Å². The van der Waals surface area contributed by atoms with Crippen molar-refractivity contribution in [2.24, 2.45) is 5.92 Å². The number of aromatic nitrogens is 2. The van der Waals surface area contributed by atoms with Crippen molar-refractivity contribution in [1.82, 2.24) is 14.7 Å². The Morgan fingerprint density at radius 1 is 1.53 bits per heavy atom. The molecule has 2 fully saturated rings. The Bertz CT molecular complexity index is 446. The van der Waals surface area contributed by atoms with Gasteiger partial charge in [-0.05, 0) is 31.2 Å². The summed E-state index contributed by atoms with van der Waals surface area (Å²) in [5, 5.41) is 13.4. The molecule has 0 bridgehead atoms. The van der Waals surface area contributed by atoms with Crippen molar-refractivity contribution < 1.29 is 0 Å². The molecule has 0 unspecified atom stereocenters. The van der Waals surface area contributed by atoms with Gasteiger partial charge in [0.05, 0.1) is 18.7 Å². The Morgan fingerprint density at radius 2 is 2.29 bits per heavy atom. The predicted octanol–water partition coefficient (Wildman–Crippen LogP) is 1.53. The van der Waals surface area contributed by atoms with Crippen LogP contribution in [0.3, 0.4) is 0 Å². The second-order valence-corrected chi connectivity index (χ2v) is 5.63. The lowest BCUT2D eigenvalue weighted by Gasteiger charge is -2.49. The standard InChI is InChI=1S/C13H18N4/c1-11-6-15-17(7-11)13(4-5-14)9-16(10-13)8-12-2-3-12/h6-7,12H,2-4,8-10H2,1H3. The summed E-state index contributed by atoms with van der Waals surface area (Å²) in [6, 6.07) is 2.32. The van der Waals surface area contributed by atoms with Crippen molar-refractivity contribution in [3.8, 4) is 6.07 Å². The third-order valence-electron chi connectivity index (χ3n) is 3.85. The van der Waals surface area contributed by atoms with Gasteiger partial charge in [-0.3, -0.25) is 9.58 Å². The van der Waals surface area contributed by atoms with E-state index < -0.39 is 0 Å². The SMILES string of the molecule is Cc1cnn(C2(CC#N)CN(CC3CC3)C2)c1. The Balaban J connectivity index is 1.70. The van der Waals surface area contributed by atoms with Crippen molar-refractivity contribution in [3.63, 3.8) is 0 Å². The minimum absolute atomic E-state index is 0.0576. The van der Waals surface area contributed by atoms with Crippen molar-refractivity contribution in [1.29, 1.82) is 5.26 Å². The van der Waals surface area contributed by atoms with Crippen LogP contribution in [0.5, 0.6) is 0 Å². The van der Waals surface area contributed by atoms with Crippen molar-refractivity contribution in [2.75, 3.05) is 19.6 Å². The highest BCUT2D eigenvalue weighted by atomic mass is 15.4. The fraction of sp³-hybridized carbons (Fsp3) is 0.692. The van der Waals surface area contributed by atoms with Gasteiger partial charge in [0.2, 0.25) is 0 Å². The maximum absolute atomic E-state index is 9.01. The maximum Gasteiger partial charge on any atom is 0.101 e. The van der Waals surface area contributed by atoms with Crippen molar-refractivity contribution in [3.05, 3.63) is 18.0 Å². The molecule has 0 radical (unpaired) electrons. The van der Waals surface area contributed by atoms with Crippen LogP contribution < -0.4 is 0 Å². The molecule has 0 amide bonds. The molecule has 1 aliphatic carbocycles. The van der Waals surface area contributed by atoms with Gasteiger partial charge in [-0.1, -0.05) is 0 Å². The summed E-state index contributed by atoms with van der Waals surface area (Å²) >= 11 is 0. The van der Waals surface area contributed by atoms with E-state index >= 15 is 0 Å². The van der Waals surface area contributed by atoms with Crippen LogP contribution in [0.15, 0.2) is 12.4 Å². The molecule has 0 N–H and O–H groups in total. The van der Waals surface area contributed by atoms with Crippen LogP contribution in [0.2, 0.25) is 0 Å². The number of aryl methyl sites for hydroxylation is 1. The number of nitriles is 1. The first-order valence-electron chi connectivity index (χ1n) is 6.33. The molecule has 2 aliphatic rings. The van der Waals surface area contributed by atoms with Crippen molar-refractivity contribution >= 4 is 0 Å². The van der Waals surface area contributed by atoms with E-state index in [9.17, 15) is 0 Å². The molecule has 2 heterocycles. The molecule has 1 aromatic heterocycles. The molecule has 17 heavy (non-hydrogen) atoms. The van der Waals surface area contributed by atoms with Gasteiger partial charge < -0.3 is 0 Å². The molecule has 4 nitrogen and oxygen atoms in total. The van der Waals surface area contributed by atoms with E-state index in [1.807, 2.05) is 17.8 Å². The monoisotopic (exact) mass is 230 g/mol. The van der Waals surface area contributed by atoms with Crippen LogP contribution in [0.25, 0.3) is 0 Å². The fourth-order valence-electron chi connectivity index (χ4n) is 2.74. The summed E-state index contributed by atoms with van der Waals surface area (Å²) in [6.07, 6.45) is 7.29. The topological polar surface area (TPSA) is 44.9 Å². The van der Waals surface area contributed by atoms with E-state index in [-0.39, 0.29) is 5.54 Å². The molecule has 1 saturated heterocycles. The van der Waals surface area contributed by atoms with Crippen LogP contribution >= 0.6 is 0 Å². The Kier molecular flexibility index (Phi) is 2.44. The van der Waals surface area contributed by atoms with Gasteiger partial charge in [0.25, 0.3) is 0 Å². The number of hydrogen-bond acceptors (Lipinski definition) is 3. The van der Waals surface area contributed by atoms with Crippen LogP contribution in [0.4, 0.5) is 0 Å². The van der Waals surface area contributed by atoms with Gasteiger partial charge in [-0.25, -0.2) is 0 Å². The highest BCUT2D eigenvalue weighted by Gasteiger charge is 2.46. The normalized spacial score (nSPS) is 23.1. The van der Waals surface area contributed by atoms with Gasteiger partial charge in [0, 0.05) is 25.8 Å². The van der Waals surface area contributed by atoms with Gasteiger partial charge in [-0.15, -0.1) is 0 Å². The summed E-state index contributed by atoms with van der Waals surface area (Å²) in [4.78, 5) is 2.46. The molecule has 0 atom stereocenters.